The second-order valence-corrected chi connectivity index (χ2v) is 6.10. The highest BCUT2D eigenvalue weighted by atomic mass is 35.5. The number of aryl methyl sites for hydroxylation is 1. The van der Waals surface area contributed by atoms with Gasteiger partial charge in [-0.15, -0.1) is 0 Å². The zero-order valence-electron chi connectivity index (χ0n) is 14.8. The number of Topliss-reactive ketones (excluding diaryl/α,β-unsaturated/α-hetero) is 1. The number of hydrogen-bond donors (Lipinski definition) is 2. The Morgan fingerprint density at radius 2 is 1.92 bits per heavy atom. The Labute approximate surface area is 155 Å². The van der Waals surface area contributed by atoms with Gasteiger partial charge >= 0.3 is 5.97 Å². The molecule has 0 saturated heterocycles. The summed E-state index contributed by atoms with van der Waals surface area (Å²) >= 11 is 6.04. The van der Waals surface area contributed by atoms with E-state index in [1.165, 1.54) is 33.2 Å². The van der Waals surface area contributed by atoms with Gasteiger partial charge in [-0.3, -0.25) is 9.59 Å². The third-order valence-corrected chi connectivity index (χ3v) is 4.11. The first-order valence-corrected chi connectivity index (χ1v) is 8.16. The van der Waals surface area contributed by atoms with E-state index in [9.17, 15) is 14.4 Å². The van der Waals surface area contributed by atoms with Crippen LogP contribution in [0.15, 0.2) is 24.4 Å². The number of halogens is 1. The number of rotatable bonds is 6. The molecule has 1 heterocycles. The molecule has 0 aliphatic carbocycles. The summed E-state index contributed by atoms with van der Waals surface area (Å²) in [4.78, 5) is 38.3. The molecule has 0 unspecified atom stereocenters. The van der Waals surface area contributed by atoms with Gasteiger partial charge in [-0.2, -0.15) is 0 Å². The summed E-state index contributed by atoms with van der Waals surface area (Å²) in [6.45, 7) is 4.62. The monoisotopic (exact) mass is 378 g/mol. The number of H-pyrrole nitrogens is 1. The number of ether oxygens (including phenoxy) is 2. The van der Waals surface area contributed by atoms with Gasteiger partial charge in [0.25, 0.3) is 5.91 Å². The maximum Gasteiger partial charge on any atom is 0.355 e. The molecule has 26 heavy (non-hydrogen) atoms. The molecule has 1 atom stereocenters. The molecule has 1 amide bonds. The van der Waals surface area contributed by atoms with Crippen LogP contribution in [-0.2, 0) is 9.53 Å². The first-order chi connectivity index (χ1) is 12.2. The van der Waals surface area contributed by atoms with Crippen molar-refractivity contribution in [2.24, 2.45) is 0 Å². The number of aromatic nitrogens is 1. The molecule has 8 heteroatoms. The molecular formula is C18H19ClN2O5. The maximum atomic E-state index is 12.3. The lowest BCUT2D eigenvalue weighted by Crippen LogP contribution is -2.30. The van der Waals surface area contributed by atoms with Gasteiger partial charge in [-0.25, -0.2) is 4.79 Å². The van der Waals surface area contributed by atoms with Crippen LogP contribution in [0, 0.1) is 6.92 Å². The number of nitrogens with one attached hydrogen (secondary N) is 2. The molecule has 0 fully saturated rings. The lowest BCUT2D eigenvalue weighted by molar-refractivity contribution is -0.123. The molecule has 7 nitrogen and oxygen atoms in total. The van der Waals surface area contributed by atoms with Gasteiger partial charge in [-0.05, 0) is 38.5 Å². The standard InChI is InChI=1S/C18H19ClN2O5/c1-9-5-14(16(25-4)7-13(9)19)21-17(23)11(3)26-18(24)15-6-12(8-20-15)10(2)22/h5-8,11,20H,1-4H3,(H,21,23)/t11-/m1/s1. The molecule has 0 bridgehead atoms. The molecule has 0 saturated carbocycles. The number of methoxy groups -OCH3 is 1. The van der Waals surface area contributed by atoms with Crippen LogP contribution in [0.2, 0.25) is 5.02 Å². The van der Waals surface area contributed by atoms with Crippen molar-refractivity contribution >= 4 is 34.9 Å². The fourth-order valence-corrected chi connectivity index (χ4v) is 2.31. The largest absolute Gasteiger partial charge is 0.495 e. The van der Waals surface area contributed by atoms with Crippen LogP contribution in [0.1, 0.15) is 40.3 Å². The number of carbonyl (C=O) groups excluding carboxylic acids is 3. The van der Waals surface area contributed by atoms with E-state index < -0.39 is 18.0 Å². The van der Waals surface area contributed by atoms with Crippen LogP contribution in [0.25, 0.3) is 0 Å². The van der Waals surface area contributed by atoms with Crippen LogP contribution in [0.3, 0.4) is 0 Å². The molecule has 1 aromatic carbocycles. The SMILES string of the molecule is COc1cc(Cl)c(C)cc1NC(=O)[C@@H](C)OC(=O)c1cc(C(C)=O)c[nH]1. The van der Waals surface area contributed by atoms with Gasteiger partial charge < -0.3 is 19.8 Å². The molecular weight excluding hydrogens is 360 g/mol. The maximum absolute atomic E-state index is 12.3. The number of amides is 1. The zero-order valence-corrected chi connectivity index (χ0v) is 15.6. The zero-order chi connectivity index (χ0) is 19.4. The van der Waals surface area contributed by atoms with E-state index in [2.05, 4.69) is 10.3 Å². The van der Waals surface area contributed by atoms with Gasteiger partial charge in [0.05, 0.1) is 12.8 Å². The molecule has 2 rings (SSSR count). The molecule has 0 aliphatic rings. The summed E-state index contributed by atoms with van der Waals surface area (Å²) in [5.74, 6) is -1.06. The minimum absolute atomic E-state index is 0.0924. The molecule has 0 radical (unpaired) electrons. The normalized spacial score (nSPS) is 11.6. The van der Waals surface area contributed by atoms with Crippen molar-refractivity contribution in [1.29, 1.82) is 0 Å². The van der Waals surface area contributed by atoms with Gasteiger partial charge in [0.15, 0.2) is 11.9 Å². The highest BCUT2D eigenvalue weighted by Gasteiger charge is 2.22. The minimum atomic E-state index is -1.06. The quantitative estimate of drug-likeness (QED) is 0.593. The fourth-order valence-electron chi connectivity index (χ4n) is 2.16. The third kappa shape index (κ3) is 4.43. The van der Waals surface area contributed by atoms with Crippen molar-refractivity contribution in [3.63, 3.8) is 0 Å². The Hall–Kier alpha value is -2.80. The van der Waals surface area contributed by atoms with Crippen LogP contribution < -0.4 is 10.1 Å². The Morgan fingerprint density at radius 3 is 2.50 bits per heavy atom. The van der Waals surface area contributed by atoms with E-state index >= 15 is 0 Å². The van der Waals surface area contributed by atoms with Gasteiger partial charge in [0.1, 0.15) is 11.4 Å². The van der Waals surface area contributed by atoms with E-state index in [1.54, 1.807) is 19.1 Å². The van der Waals surface area contributed by atoms with Crippen molar-refractivity contribution in [2.75, 3.05) is 12.4 Å². The van der Waals surface area contributed by atoms with E-state index in [0.29, 0.717) is 22.0 Å². The van der Waals surface area contributed by atoms with Crippen molar-refractivity contribution in [3.8, 4) is 5.75 Å². The lowest BCUT2D eigenvalue weighted by atomic mass is 10.2. The predicted molar refractivity (Wildman–Crippen MR) is 97.0 cm³/mol. The van der Waals surface area contributed by atoms with Crippen molar-refractivity contribution in [1.82, 2.24) is 4.98 Å². The Morgan fingerprint density at radius 1 is 1.23 bits per heavy atom. The molecule has 2 N–H and O–H groups in total. The number of anilines is 1. The summed E-state index contributed by atoms with van der Waals surface area (Å²) in [5, 5.41) is 3.15. The van der Waals surface area contributed by atoms with E-state index in [-0.39, 0.29) is 11.5 Å². The number of aromatic amines is 1. The Balaban J connectivity index is 2.06. The third-order valence-electron chi connectivity index (χ3n) is 3.70. The molecule has 0 spiro atoms. The molecule has 138 valence electrons. The predicted octanol–water partition coefficient (Wildman–Crippen LogP) is 3.37. The average molecular weight is 379 g/mol. The summed E-state index contributed by atoms with van der Waals surface area (Å²) in [6, 6.07) is 4.63. The number of hydrogen-bond acceptors (Lipinski definition) is 5. The summed E-state index contributed by atoms with van der Waals surface area (Å²) in [7, 11) is 1.46. The Kier molecular flexibility index (Phi) is 6.05. The number of esters is 1. The first-order valence-electron chi connectivity index (χ1n) is 7.78. The molecule has 2 aromatic rings. The Bertz CT molecular complexity index is 859. The minimum Gasteiger partial charge on any atom is -0.495 e. The van der Waals surface area contributed by atoms with E-state index in [1.807, 2.05) is 0 Å². The number of ketones is 1. The lowest BCUT2D eigenvalue weighted by Gasteiger charge is -2.16. The average Bonchev–Trinajstić information content (AvgIpc) is 3.08. The topological polar surface area (TPSA) is 97.5 Å². The summed E-state index contributed by atoms with van der Waals surface area (Å²) in [5.41, 5.74) is 1.63. The van der Waals surface area contributed by atoms with Crippen LogP contribution in [0.5, 0.6) is 5.75 Å². The highest BCUT2D eigenvalue weighted by Crippen LogP contribution is 2.31. The second-order valence-electron chi connectivity index (χ2n) is 5.70. The highest BCUT2D eigenvalue weighted by molar-refractivity contribution is 6.31. The van der Waals surface area contributed by atoms with Gasteiger partial charge in [-0.1, -0.05) is 11.6 Å². The van der Waals surface area contributed by atoms with Crippen molar-refractivity contribution in [3.05, 3.63) is 46.2 Å². The summed E-state index contributed by atoms with van der Waals surface area (Å²) in [6.07, 6.45) is 0.345. The summed E-state index contributed by atoms with van der Waals surface area (Å²) < 4.78 is 10.3. The molecule has 0 aliphatic heterocycles. The smallest absolute Gasteiger partial charge is 0.355 e. The molecule has 1 aromatic heterocycles. The van der Waals surface area contributed by atoms with E-state index in [0.717, 1.165) is 5.56 Å². The van der Waals surface area contributed by atoms with Crippen LogP contribution in [-0.4, -0.2) is 35.9 Å². The second kappa shape index (κ2) is 8.05. The van der Waals surface area contributed by atoms with Crippen molar-refractivity contribution in [2.45, 2.75) is 26.9 Å². The van der Waals surface area contributed by atoms with Crippen LogP contribution >= 0.6 is 11.6 Å². The number of carbonyl (C=O) groups is 3. The van der Waals surface area contributed by atoms with E-state index in [4.69, 9.17) is 21.1 Å². The van der Waals surface area contributed by atoms with Gasteiger partial charge in [0.2, 0.25) is 0 Å². The van der Waals surface area contributed by atoms with Gasteiger partial charge in [0, 0.05) is 22.8 Å². The van der Waals surface area contributed by atoms with Crippen molar-refractivity contribution < 1.29 is 23.9 Å². The fraction of sp³-hybridized carbons (Fsp3) is 0.278. The van der Waals surface area contributed by atoms with Crippen LogP contribution in [0.4, 0.5) is 5.69 Å². The first kappa shape index (κ1) is 19.5. The number of benzene rings is 1.